The number of rotatable bonds is 1. The van der Waals surface area contributed by atoms with Crippen LogP contribution in [-0.4, -0.2) is 36.6 Å². The number of carbonyl (C=O) groups excluding carboxylic acids is 1. The number of nitrogen functional groups attached to an aromatic ring is 1. The van der Waals surface area contributed by atoms with E-state index in [2.05, 4.69) is 0 Å². The number of carbonyl (C=O) groups is 1. The van der Waals surface area contributed by atoms with Crippen LogP contribution in [0.15, 0.2) is 18.2 Å². The Hall–Kier alpha value is -1.62. The molecule has 4 nitrogen and oxygen atoms in total. The molecule has 0 spiro atoms. The van der Waals surface area contributed by atoms with Crippen molar-refractivity contribution in [1.29, 1.82) is 0 Å². The number of amides is 1. The summed E-state index contributed by atoms with van der Waals surface area (Å²) in [7, 11) is 0. The third kappa shape index (κ3) is 2.55. The van der Waals surface area contributed by atoms with E-state index in [0.29, 0.717) is 25.4 Å². The Morgan fingerprint density at radius 3 is 3.00 bits per heavy atom. The summed E-state index contributed by atoms with van der Waals surface area (Å²) in [4.78, 5) is 13.7. The molecule has 92 valence electrons. The van der Waals surface area contributed by atoms with Crippen molar-refractivity contribution in [2.45, 2.75) is 13.0 Å². The van der Waals surface area contributed by atoms with E-state index in [-0.39, 0.29) is 17.6 Å². The summed E-state index contributed by atoms with van der Waals surface area (Å²) >= 11 is 0. The standard InChI is InChI=1S/C12H15FN2O2/c1-8-7-15(4-5-17-8)12(16)10-3-2-9(14)6-11(10)13/h2-3,6,8H,4-5,7,14H2,1H3. The highest BCUT2D eigenvalue weighted by Gasteiger charge is 2.24. The fourth-order valence-corrected chi connectivity index (χ4v) is 1.88. The van der Waals surface area contributed by atoms with Crippen molar-refractivity contribution in [3.05, 3.63) is 29.6 Å². The second-order valence-corrected chi connectivity index (χ2v) is 4.17. The van der Waals surface area contributed by atoms with Gasteiger partial charge in [0.15, 0.2) is 0 Å². The lowest BCUT2D eigenvalue weighted by atomic mass is 10.1. The normalized spacial score (nSPS) is 20.4. The highest BCUT2D eigenvalue weighted by molar-refractivity contribution is 5.94. The summed E-state index contributed by atoms with van der Waals surface area (Å²) in [5.74, 6) is -0.883. The Morgan fingerprint density at radius 2 is 2.35 bits per heavy atom. The van der Waals surface area contributed by atoms with Gasteiger partial charge in [-0.3, -0.25) is 4.79 Å². The third-order valence-corrected chi connectivity index (χ3v) is 2.75. The van der Waals surface area contributed by atoms with Crippen LogP contribution in [0.25, 0.3) is 0 Å². The number of nitrogens with two attached hydrogens (primary N) is 1. The summed E-state index contributed by atoms with van der Waals surface area (Å²) in [6.45, 7) is 3.36. The number of ether oxygens (including phenoxy) is 1. The Morgan fingerprint density at radius 1 is 1.59 bits per heavy atom. The number of nitrogens with zero attached hydrogens (tertiary/aromatic N) is 1. The number of morpholine rings is 1. The number of halogens is 1. The highest BCUT2D eigenvalue weighted by atomic mass is 19.1. The van der Waals surface area contributed by atoms with Gasteiger partial charge in [-0.25, -0.2) is 4.39 Å². The van der Waals surface area contributed by atoms with Gasteiger partial charge < -0.3 is 15.4 Å². The summed E-state index contributed by atoms with van der Waals surface area (Å²) in [6.07, 6.45) is -0.00968. The molecule has 2 rings (SSSR count). The van der Waals surface area contributed by atoms with Crippen LogP contribution in [0.2, 0.25) is 0 Å². The van der Waals surface area contributed by atoms with Gasteiger partial charge in [-0.15, -0.1) is 0 Å². The highest BCUT2D eigenvalue weighted by Crippen LogP contribution is 2.16. The molecule has 0 bridgehead atoms. The van der Waals surface area contributed by atoms with Crippen molar-refractivity contribution in [3.8, 4) is 0 Å². The van der Waals surface area contributed by atoms with Crippen LogP contribution in [0.3, 0.4) is 0 Å². The van der Waals surface area contributed by atoms with Crippen molar-refractivity contribution in [3.63, 3.8) is 0 Å². The van der Waals surface area contributed by atoms with E-state index in [1.54, 1.807) is 4.90 Å². The Kier molecular flexibility index (Phi) is 3.28. The Labute approximate surface area is 99.2 Å². The van der Waals surface area contributed by atoms with Crippen molar-refractivity contribution in [2.75, 3.05) is 25.4 Å². The second-order valence-electron chi connectivity index (χ2n) is 4.17. The predicted molar refractivity (Wildman–Crippen MR) is 62.1 cm³/mol. The van der Waals surface area contributed by atoms with Gasteiger partial charge in [0.2, 0.25) is 0 Å². The van der Waals surface area contributed by atoms with E-state index in [4.69, 9.17) is 10.5 Å². The molecule has 1 saturated heterocycles. The van der Waals surface area contributed by atoms with E-state index in [1.165, 1.54) is 12.1 Å². The maximum Gasteiger partial charge on any atom is 0.256 e. The summed E-state index contributed by atoms with van der Waals surface area (Å²) in [5.41, 5.74) is 5.82. The van der Waals surface area contributed by atoms with E-state index in [9.17, 15) is 9.18 Å². The number of hydrogen-bond acceptors (Lipinski definition) is 3. The van der Waals surface area contributed by atoms with Crippen LogP contribution in [0.1, 0.15) is 17.3 Å². The molecule has 1 aromatic carbocycles. The molecule has 1 fully saturated rings. The minimum Gasteiger partial charge on any atom is -0.399 e. The summed E-state index contributed by atoms with van der Waals surface area (Å²) < 4.78 is 18.9. The first-order valence-electron chi connectivity index (χ1n) is 5.54. The SMILES string of the molecule is CC1CN(C(=O)c2ccc(N)cc2F)CCO1. The zero-order chi connectivity index (χ0) is 12.4. The molecule has 1 aliphatic heterocycles. The van der Waals surface area contributed by atoms with Gasteiger partial charge in [0.05, 0.1) is 18.3 Å². The van der Waals surface area contributed by atoms with Gasteiger partial charge in [-0.2, -0.15) is 0 Å². The van der Waals surface area contributed by atoms with Crippen molar-refractivity contribution in [1.82, 2.24) is 4.90 Å². The summed E-state index contributed by atoms with van der Waals surface area (Å²) in [6, 6.07) is 4.12. The van der Waals surface area contributed by atoms with Gasteiger partial charge in [0.25, 0.3) is 5.91 Å². The molecule has 0 aliphatic carbocycles. The fourth-order valence-electron chi connectivity index (χ4n) is 1.88. The van der Waals surface area contributed by atoms with Crippen molar-refractivity contribution < 1.29 is 13.9 Å². The first-order valence-corrected chi connectivity index (χ1v) is 5.54. The maximum atomic E-state index is 13.6. The minimum absolute atomic E-state index is 0.00968. The first-order chi connectivity index (χ1) is 8.08. The van der Waals surface area contributed by atoms with Gasteiger partial charge in [0.1, 0.15) is 5.82 Å². The molecule has 0 aromatic heterocycles. The predicted octanol–water partition coefficient (Wildman–Crippen LogP) is 1.27. The van der Waals surface area contributed by atoms with Crippen LogP contribution in [0.5, 0.6) is 0 Å². The number of hydrogen-bond donors (Lipinski definition) is 1. The smallest absolute Gasteiger partial charge is 0.256 e. The third-order valence-electron chi connectivity index (χ3n) is 2.75. The lowest BCUT2D eigenvalue weighted by Gasteiger charge is -2.31. The van der Waals surface area contributed by atoms with Crippen LogP contribution in [0.4, 0.5) is 10.1 Å². The van der Waals surface area contributed by atoms with Crippen LogP contribution < -0.4 is 5.73 Å². The van der Waals surface area contributed by atoms with Gasteiger partial charge >= 0.3 is 0 Å². The molecule has 1 aliphatic rings. The van der Waals surface area contributed by atoms with Crippen molar-refractivity contribution in [2.24, 2.45) is 0 Å². The molecule has 0 radical (unpaired) electrons. The molecular formula is C12H15FN2O2. The van der Waals surface area contributed by atoms with Crippen LogP contribution in [-0.2, 0) is 4.74 Å². The van der Waals surface area contributed by atoms with Crippen molar-refractivity contribution >= 4 is 11.6 Å². The Balaban J connectivity index is 2.18. The minimum atomic E-state index is -0.575. The fraction of sp³-hybridized carbons (Fsp3) is 0.417. The lowest BCUT2D eigenvalue weighted by Crippen LogP contribution is -2.44. The average molecular weight is 238 g/mol. The van der Waals surface area contributed by atoms with E-state index >= 15 is 0 Å². The van der Waals surface area contributed by atoms with Crippen LogP contribution in [0, 0.1) is 5.82 Å². The van der Waals surface area contributed by atoms with E-state index in [0.717, 1.165) is 6.07 Å². The molecule has 1 atom stereocenters. The molecule has 5 heteroatoms. The molecule has 1 aromatic rings. The monoisotopic (exact) mass is 238 g/mol. The van der Waals surface area contributed by atoms with Gasteiger partial charge in [0, 0.05) is 18.8 Å². The van der Waals surface area contributed by atoms with Gasteiger partial charge in [-0.05, 0) is 25.1 Å². The molecule has 0 saturated carbocycles. The van der Waals surface area contributed by atoms with E-state index < -0.39 is 5.82 Å². The molecule has 2 N–H and O–H groups in total. The molecule has 1 unspecified atom stereocenters. The zero-order valence-electron chi connectivity index (χ0n) is 9.65. The number of benzene rings is 1. The maximum absolute atomic E-state index is 13.6. The zero-order valence-corrected chi connectivity index (χ0v) is 9.65. The molecular weight excluding hydrogens is 223 g/mol. The van der Waals surface area contributed by atoms with Gasteiger partial charge in [-0.1, -0.05) is 0 Å². The number of anilines is 1. The van der Waals surface area contributed by atoms with E-state index in [1.807, 2.05) is 6.92 Å². The van der Waals surface area contributed by atoms with Crippen LogP contribution >= 0.6 is 0 Å². The first kappa shape index (κ1) is 11.9. The molecule has 1 amide bonds. The molecule has 1 heterocycles. The lowest BCUT2D eigenvalue weighted by molar-refractivity contribution is -0.0125. The second kappa shape index (κ2) is 4.71. The largest absolute Gasteiger partial charge is 0.399 e. The summed E-state index contributed by atoms with van der Waals surface area (Å²) in [5, 5.41) is 0. The quantitative estimate of drug-likeness (QED) is 0.749. The molecule has 17 heavy (non-hydrogen) atoms. The topological polar surface area (TPSA) is 55.6 Å². The Bertz CT molecular complexity index is 437. The average Bonchev–Trinajstić information content (AvgIpc) is 2.28.